The fourth-order valence-corrected chi connectivity index (χ4v) is 1.74. The van der Waals surface area contributed by atoms with Crippen molar-refractivity contribution in [2.24, 2.45) is 5.92 Å². The van der Waals surface area contributed by atoms with Gasteiger partial charge in [0, 0.05) is 19.5 Å². The number of anilines is 1. The van der Waals surface area contributed by atoms with Crippen molar-refractivity contribution in [1.29, 1.82) is 0 Å². The molecule has 1 aromatic heterocycles. The molecule has 0 bridgehead atoms. The molecule has 0 aliphatic carbocycles. The van der Waals surface area contributed by atoms with Gasteiger partial charge < -0.3 is 10.1 Å². The predicted octanol–water partition coefficient (Wildman–Crippen LogP) is 2.89. The van der Waals surface area contributed by atoms with Gasteiger partial charge in [0.1, 0.15) is 11.6 Å². The minimum atomic E-state index is 0.180. The molecule has 0 aliphatic heterocycles. The van der Waals surface area contributed by atoms with Crippen molar-refractivity contribution in [1.82, 2.24) is 9.97 Å². The second kappa shape index (κ2) is 6.42. The van der Waals surface area contributed by atoms with Crippen LogP contribution in [0.15, 0.2) is 6.07 Å². The van der Waals surface area contributed by atoms with Crippen LogP contribution < -0.4 is 10.1 Å². The maximum atomic E-state index is 5.82. The first kappa shape index (κ1) is 13.7. The topological polar surface area (TPSA) is 47.0 Å². The monoisotopic (exact) mass is 237 g/mol. The van der Waals surface area contributed by atoms with Crippen molar-refractivity contribution in [2.75, 3.05) is 12.4 Å². The Balaban J connectivity index is 2.75. The fraction of sp³-hybridized carbons (Fsp3) is 0.692. The molecule has 1 rings (SSSR count). The van der Waals surface area contributed by atoms with Gasteiger partial charge in [0.25, 0.3) is 0 Å². The molecular weight excluding hydrogens is 214 g/mol. The Labute approximate surface area is 104 Å². The van der Waals surface area contributed by atoms with E-state index in [-0.39, 0.29) is 6.10 Å². The summed E-state index contributed by atoms with van der Waals surface area (Å²) < 4.78 is 5.82. The SMILES string of the molecule is CCc1nc(NC)cc(OC(C)CC(C)C)n1. The summed E-state index contributed by atoms with van der Waals surface area (Å²) in [6.45, 7) is 8.50. The van der Waals surface area contributed by atoms with Crippen molar-refractivity contribution in [3.8, 4) is 5.88 Å². The molecule has 1 unspecified atom stereocenters. The molecule has 0 fully saturated rings. The molecule has 0 radical (unpaired) electrons. The number of aryl methyl sites for hydroxylation is 1. The molecule has 4 heteroatoms. The standard InChI is InChI=1S/C13H23N3O/c1-6-11-15-12(14-5)8-13(16-11)17-10(4)7-9(2)3/h8-10H,6-7H2,1-5H3,(H,14,15,16). The Morgan fingerprint density at radius 1 is 1.29 bits per heavy atom. The lowest BCUT2D eigenvalue weighted by Gasteiger charge is -2.16. The van der Waals surface area contributed by atoms with Gasteiger partial charge in [-0.3, -0.25) is 0 Å². The highest BCUT2D eigenvalue weighted by Gasteiger charge is 2.09. The van der Waals surface area contributed by atoms with Crippen molar-refractivity contribution in [3.63, 3.8) is 0 Å². The summed E-state index contributed by atoms with van der Waals surface area (Å²) in [6, 6.07) is 1.84. The second-order valence-corrected chi connectivity index (χ2v) is 4.67. The zero-order chi connectivity index (χ0) is 12.8. The Hall–Kier alpha value is -1.32. The van der Waals surface area contributed by atoms with Crippen molar-refractivity contribution < 1.29 is 4.74 Å². The van der Waals surface area contributed by atoms with Gasteiger partial charge in [-0.05, 0) is 19.3 Å². The quantitative estimate of drug-likeness (QED) is 0.826. The van der Waals surface area contributed by atoms with Crippen molar-refractivity contribution in [2.45, 2.75) is 46.6 Å². The molecule has 1 heterocycles. The molecule has 0 aromatic carbocycles. The first-order valence-electron chi connectivity index (χ1n) is 6.27. The maximum Gasteiger partial charge on any atom is 0.218 e. The van der Waals surface area contributed by atoms with E-state index in [9.17, 15) is 0 Å². The average molecular weight is 237 g/mol. The van der Waals surface area contributed by atoms with Crippen LogP contribution in [-0.2, 0) is 6.42 Å². The summed E-state index contributed by atoms with van der Waals surface area (Å²) in [5.74, 6) is 2.91. The Bertz CT molecular complexity index is 330. The molecule has 0 saturated carbocycles. The molecule has 1 aromatic rings. The normalized spacial score (nSPS) is 12.6. The van der Waals surface area contributed by atoms with Crippen LogP contribution in [0.25, 0.3) is 0 Å². The summed E-state index contributed by atoms with van der Waals surface area (Å²) >= 11 is 0. The summed E-state index contributed by atoms with van der Waals surface area (Å²) in [6.07, 6.45) is 2.02. The van der Waals surface area contributed by atoms with Crippen LogP contribution in [0, 0.1) is 5.92 Å². The van der Waals surface area contributed by atoms with Crippen LogP contribution >= 0.6 is 0 Å². The first-order valence-corrected chi connectivity index (χ1v) is 6.27. The maximum absolute atomic E-state index is 5.82. The fourth-order valence-electron chi connectivity index (χ4n) is 1.74. The summed E-state index contributed by atoms with van der Waals surface area (Å²) in [4.78, 5) is 8.71. The van der Waals surface area contributed by atoms with Gasteiger partial charge in [0.2, 0.25) is 5.88 Å². The molecular formula is C13H23N3O. The van der Waals surface area contributed by atoms with Gasteiger partial charge in [-0.15, -0.1) is 0 Å². The minimum absolute atomic E-state index is 0.180. The highest BCUT2D eigenvalue weighted by molar-refractivity contribution is 5.37. The van der Waals surface area contributed by atoms with Crippen molar-refractivity contribution in [3.05, 3.63) is 11.9 Å². The number of nitrogens with one attached hydrogen (secondary N) is 1. The molecule has 1 atom stereocenters. The summed E-state index contributed by atoms with van der Waals surface area (Å²) in [5, 5.41) is 3.02. The largest absolute Gasteiger partial charge is 0.474 e. The number of hydrogen-bond acceptors (Lipinski definition) is 4. The van der Waals surface area contributed by atoms with Gasteiger partial charge in [-0.2, -0.15) is 4.98 Å². The number of rotatable bonds is 6. The number of aromatic nitrogens is 2. The van der Waals surface area contributed by atoms with E-state index in [2.05, 4.69) is 36.1 Å². The number of nitrogens with zero attached hydrogens (tertiary/aromatic N) is 2. The van der Waals surface area contributed by atoms with E-state index < -0.39 is 0 Å². The van der Waals surface area contributed by atoms with E-state index in [1.165, 1.54) is 0 Å². The summed E-state index contributed by atoms with van der Waals surface area (Å²) in [7, 11) is 1.85. The zero-order valence-corrected chi connectivity index (χ0v) is 11.4. The molecule has 0 spiro atoms. The van der Waals surface area contributed by atoms with Gasteiger partial charge in [-0.1, -0.05) is 20.8 Å². The van der Waals surface area contributed by atoms with E-state index in [4.69, 9.17) is 4.74 Å². The van der Waals surface area contributed by atoms with E-state index in [1.54, 1.807) is 0 Å². The molecule has 0 amide bonds. The molecule has 1 N–H and O–H groups in total. The van der Waals surface area contributed by atoms with E-state index in [0.717, 1.165) is 24.5 Å². The van der Waals surface area contributed by atoms with Crippen molar-refractivity contribution >= 4 is 5.82 Å². The van der Waals surface area contributed by atoms with E-state index in [1.807, 2.05) is 20.0 Å². The smallest absolute Gasteiger partial charge is 0.218 e. The van der Waals surface area contributed by atoms with Crippen LogP contribution in [0.1, 0.15) is 39.9 Å². The lowest BCUT2D eigenvalue weighted by atomic mass is 10.1. The van der Waals surface area contributed by atoms with Gasteiger partial charge >= 0.3 is 0 Å². The highest BCUT2D eigenvalue weighted by Crippen LogP contribution is 2.17. The van der Waals surface area contributed by atoms with E-state index in [0.29, 0.717) is 11.8 Å². The highest BCUT2D eigenvalue weighted by atomic mass is 16.5. The summed E-state index contributed by atoms with van der Waals surface area (Å²) in [5.41, 5.74) is 0. The molecule has 17 heavy (non-hydrogen) atoms. The first-order chi connectivity index (χ1) is 8.05. The lowest BCUT2D eigenvalue weighted by molar-refractivity contribution is 0.185. The van der Waals surface area contributed by atoms with Gasteiger partial charge in [0.05, 0.1) is 6.10 Å². The van der Waals surface area contributed by atoms with Crippen LogP contribution in [0.3, 0.4) is 0 Å². The average Bonchev–Trinajstić information content (AvgIpc) is 2.27. The second-order valence-electron chi connectivity index (χ2n) is 4.67. The third-order valence-corrected chi connectivity index (χ3v) is 2.45. The van der Waals surface area contributed by atoms with Gasteiger partial charge in [-0.25, -0.2) is 4.98 Å². The zero-order valence-electron chi connectivity index (χ0n) is 11.4. The van der Waals surface area contributed by atoms with Crippen LogP contribution in [0.5, 0.6) is 5.88 Å². The third-order valence-electron chi connectivity index (χ3n) is 2.45. The molecule has 96 valence electrons. The van der Waals surface area contributed by atoms with E-state index >= 15 is 0 Å². The predicted molar refractivity (Wildman–Crippen MR) is 70.5 cm³/mol. The Kier molecular flexibility index (Phi) is 5.19. The lowest BCUT2D eigenvalue weighted by Crippen LogP contribution is -2.16. The van der Waals surface area contributed by atoms with Crippen LogP contribution in [0.4, 0.5) is 5.82 Å². The number of hydrogen-bond donors (Lipinski definition) is 1. The van der Waals surface area contributed by atoms with Gasteiger partial charge in [0.15, 0.2) is 0 Å². The third kappa shape index (κ3) is 4.59. The minimum Gasteiger partial charge on any atom is -0.474 e. The Morgan fingerprint density at radius 3 is 2.53 bits per heavy atom. The Morgan fingerprint density at radius 2 is 2.00 bits per heavy atom. The molecule has 0 saturated heterocycles. The molecule has 0 aliphatic rings. The van der Waals surface area contributed by atoms with Crippen LogP contribution in [-0.4, -0.2) is 23.1 Å². The molecule has 4 nitrogen and oxygen atoms in total. The number of ether oxygens (including phenoxy) is 1. The van der Waals surface area contributed by atoms with Crippen LogP contribution in [0.2, 0.25) is 0 Å².